The molecule has 0 saturated heterocycles. The fraction of sp³-hybridized carbons (Fsp3) is 0.900. The first-order valence-electron chi connectivity index (χ1n) is 4.50. The van der Waals surface area contributed by atoms with Gasteiger partial charge in [-0.1, -0.05) is 20.8 Å². The molecule has 0 amide bonds. The molecular weight excluding hydrogens is 152 g/mol. The third-order valence-corrected chi connectivity index (χ3v) is 2.55. The van der Waals surface area contributed by atoms with Crippen LogP contribution in [0.5, 0.6) is 0 Å². The lowest BCUT2D eigenvalue weighted by Gasteiger charge is -2.25. The molecule has 0 saturated carbocycles. The lowest BCUT2D eigenvalue weighted by molar-refractivity contribution is -0.148. The molecule has 1 N–H and O–H groups in total. The summed E-state index contributed by atoms with van der Waals surface area (Å²) in [5.41, 5.74) is -0.580. The van der Waals surface area contributed by atoms with Gasteiger partial charge in [0.25, 0.3) is 0 Å². The molecule has 12 heavy (non-hydrogen) atoms. The van der Waals surface area contributed by atoms with Gasteiger partial charge in [-0.15, -0.1) is 0 Å². The van der Waals surface area contributed by atoms with E-state index in [4.69, 9.17) is 5.11 Å². The first-order chi connectivity index (χ1) is 5.27. The Labute approximate surface area is 75.0 Å². The van der Waals surface area contributed by atoms with Crippen molar-refractivity contribution in [2.45, 2.75) is 41.0 Å². The van der Waals surface area contributed by atoms with E-state index in [2.05, 4.69) is 20.8 Å². The molecule has 2 heteroatoms. The van der Waals surface area contributed by atoms with E-state index in [9.17, 15) is 4.79 Å². The zero-order valence-corrected chi connectivity index (χ0v) is 8.72. The maximum Gasteiger partial charge on any atom is 0.309 e. The van der Waals surface area contributed by atoms with Gasteiger partial charge in [0.15, 0.2) is 0 Å². The average Bonchev–Trinajstić information content (AvgIpc) is 1.85. The maximum atomic E-state index is 10.8. The zero-order chi connectivity index (χ0) is 9.94. The van der Waals surface area contributed by atoms with Crippen LogP contribution < -0.4 is 0 Å². The number of rotatable bonds is 4. The van der Waals surface area contributed by atoms with Crippen LogP contribution in [0.2, 0.25) is 0 Å². The van der Waals surface area contributed by atoms with Gasteiger partial charge in [-0.2, -0.15) is 0 Å². The van der Waals surface area contributed by atoms with E-state index in [1.54, 1.807) is 13.8 Å². The fourth-order valence-corrected chi connectivity index (χ4v) is 1.13. The second-order valence-corrected chi connectivity index (χ2v) is 4.61. The summed E-state index contributed by atoms with van der Waals surface area (Å²) in [5.74, 6) is 0.328. The summed E-state index contributed by atoms with van der Waals surface area (Å²) in [6.07, 6.45) is 0.750. The molecule has 1 atom stereocenters. The van der Waals surface area contributed by atoms with Crippen LogP contribution in [0.3, 0.4) is 0 Å². The number of carboxylic acid groups (broad SMARTS) is 1. The van der Waals surface area contributed by atoms with E-state index < -0.39 is 11.4 Å². The minimum Gasteiger partial charge on any atom is -0.481 e. The number of hydrogen-bond donors (Lipinski definition) is 1. The molecule has 0 aromatic carbocycles. The van der Waals surface area contributed by atoms with E-state index in [0.717, 1.165) is 6.42 Å². The predicted molar refractivity (Wildman–Crippen MR) is 50.0 cm³/mol. The summed E-state index contributed by atoms with van der Waals surface area (Å²) in [6, 6.07) is 0. The van der Waals surface area contributed by atoms with E-state index in [1.165, 1.54) is 0 Å². The van der Waals surface area contributed by atoms with Crippen LogP contribution >= 0.6 is 0 Å². The van der Waals surface area contributed by atoms with Gasteiger partial charge in [-0.05, 0) is 32.1 Å². The average molecular weight is 172 g/mol. The molecule has 0 fully saturated rings. The Kier molecular flexibility index (Phi) is 3.75. The van der Waals surface area contributed by atoms with Crippen LogP contribution in [0.4, 0.5) is 0 Å². The third kappa shape index (κ3) is 3.24. The number of hydrogen-bond acceptors (Lipinski definition) is 1. The van der Waals surface area contributed by atoms with Gasteiger partial charge >= 0.3 is 5.97 Å². The number of carboxylic acids is 1. The van der Waals surface area contributed by atoms with Gasteiger partial charge in [0.1, 0.15) is 0 Å². The van der Waals surface area contributed by atoms with Crippen molar-refractivity contribution in [3.8, 4) is 0 Å². The highest BCUT2D eigenvalue weighted by atomic mass is 16.4. The van der Waals surface area contributed by atoms with Crippen molar-refractivity contribution in [1.29, 1.82) is 0 Å². The molecule has 0 heterocycles. The van der Waals surface area contributed by atoms with Gasteiger partial charge in [0, 0.05) is 0 Å². The molecule has 72 valence electrons. The first-order valence-corrected chi connectivity index (χ1v) is 4.50. The predicted octanol–water partition coefficient (Wildman–Crippen LogP) is 2.78. The second kappa shape index (κ2) is 3.92. The van der Waals surface area contributed by atoms with Crippen LogP contribution in [-0.4, -0.2) is 11.1 Å². The molecule has 0 aromatic rings. The van der Waals surface area contributed by atoms with Crippen LogP contribution in [0.25, 0.3) is 0 Å². The molecule has 0 aliphatic heterocycles. The second-order valence-electron chi connectivity index (χ2n) is 4.61. The van der Waals surface area contributed by atoms with E-state index in [1.807, 2.05) is 0 Å². The van der Waals surface area contributed by atoms with Crippen molar-refractivity contribution >= 4 is 5.97 Å². The Bertz CT molecular complexity index is 159. The van der Waals surface area contributed by atoms with Crippen molar-refractivity contribution in [1.82, 2.24) is 0 Å². The monoisotopic (exact) mass is 172 g/mol. The minimum absolute atomic E-state index is 0.469. The number of aliphatic carboxylic acids is 1. The van der Waals surface area contributed by atoms with Gasteiger partial charge in [-0.25, -0.2) is 0 Å². The zero-order valence-electron chi connectivity index (χ0n) is 8.72. The quantitative estimate of drug-likeness (QED) is 0.708. The standard InChI is InChI=1S/C10H20O2/c1-7(2)8(3)6-10(4,5)9(11)12/h7-8H,6H2,1-5H3,(H,11,12). The van der Waals surface area contributed by atoms with Gasteiger partial charge in [-0.3, -0.25) is 4.79 Å². The van der Waals surface area contributed by atoms with Crippen LogP contribution in [0, 0.1) is 17.3 Å². The van der Waals surface area contributed by atoms with Gasteiger partial charge in [0.05, 0.1) is 5.41 Å². The Morgan fingerprint density at radius 1 is 1.33 bits per heavy atom. The van der Waals surface area contributed by atoms with Crippen molar-refractivity contribution in [3.05, 3.63) is 0 Å². The summed E-state index contributed by atoms with van der Waals surface area (Å²) >= 11 is 0. The Hall–Kier alpha value is -0.530. The minimum atomic E-state index is -0.699. The largest absolute Gasteiger partial charge is 0.481 e. The Morgan fingerprint density at radius 2 is 1.75 bits per heavy atom. The number of carbonyl (C=O) groups is 1. The SMILES string of the molecule is CC(C)C(C)CC(C)(C)C(=O)O. The molecule has 2 nitrogen and oxygen atoms in total. The lowest BCUT2D eigenvalue weighted by Crippen LogP contribution is -2.27. The lowest BCUT2D eigenvalue weighted by atomic mass is 9.79. The first kappa shape index (κ1) is 11.5. The van der Waals surface area contributed by atoms with Crippen LogP contribution in [0.1, 0.15) is 41.0 Å². The van der Waals surface area contributed by atoms with Gasteiger partial charge < -0.3 is 5.11 Å². The Balaban J connectivity index is 4.15. The van der Waals surface area contributed by atoms with E-state index in [-0.39, 0.29) is 0 Å². The summed E-state index contributed by atoms with van der Waals surface area (Å²) in [6.45, 7) is 9.93. The van der Waals surface area contributed by atoms with E-state index >= 15 is 0 Å². The fourth-order valence-electron chi connectivity index (χ4n) is 1.13. The van der Waals surface area contributed by atoms with Crippen LogP contribution in [-0.2, 0) is 4.79 Å². The highest BCUT2D eigenvalue weighted by Crippen LogP contribution is 2.29. The topological polar surface area (TPSA) is 37.3 Å². The van der Waals surface area contributed by atoms with Crippen molar-refractivity contribution in [3.63, 3.8) is 0 Å². The van der Waals surface area contributed by atoms with Crippen molar-refractivity contribution in [2.75, 3.05) is 0 Å². The molecule has 0 aromatic heterocycles. The summed E-state index contributed by atoms with van der Waals surface area (Å²) in [7, 11) is 0. The molecular formula is C10H20O2. The normalized spacial score (nSPS) is 14.8. The van der Waals surface area contributed by atoms with Gasteiger partial charge in [0.2, 0.25) is 0 Å². The molecule has 0 rings (SSSR count). The maximum absolute atomic E-state index is 10.8. The molecule has 0 radical (unpaired) electrons. The highest BCUT2D eigenvalue weighted by molar-refractivity contribution is 5.73. The molecule has 0 aliphatic rings. The molecule has 0 spiro atoms. The van der Waals surface area contributed by atoms with Crippen LogP contribution in [0.15, 0.2) is 0 Å². The summed E-state index contributed by atoms with van der Waals surface area (Å²) in [4.78, 5) is 10.8. The van der Waals surface area contributed by atoms with Crippen molar-refractivity contribution in [2.24, 2.45) is 17.3 Å². The smallest absolute Gasteiger partial charge is 0.309 e. The molecule has 1 unspecified atom stereocenters. The highest BCUT2D eigenvalue weighted by Gasteiger charge is 2.29. The van der Waals surface area contributed by atoms with Crippen molar-refractivity contribution < 1.29 is 9.90 Å². The summed E-state index contributed by atoms with van der Waals surface area (Å²) in [5, 5.41) is 8.87. The van der Waals surface area contributed by atoms with E-state index in [0.29, 0.717) is 11.8 Å². The molecule has 0 aliphatic carbocycles. The Morgan fingerprint density at radius 3 is 2.00 bits per heavy atom. The molecule has 0 bridgehead atoms. The summed E-state index contributed by atoms with van der Waals surface area (Å²) < 4.78 is 0. The third-order valence-electron chi connectivity index (χ3n) is 2.55.